The number of aliphatic hydroxyl groups excluding tert-OH is 2. The molecule has 0 amide bonds. The van der Waals surface area contributed by atoms with Crippen molar-refractivity contribution in [3.63, 3.8) is 0 Å². The SMILES string of the molecule is COc1c2c3c4c(c(CCc5ccccn5)c(O)c5c(=O)cc(CO)c(c6c(CO)cc(C)c(c1=O)c63)c54)C=C(C)C2C(C)=NCc1ccccn1. The van der Waals surface area contributed by atoms with E-state index in [-0.39, 0.29) is 28.9 Å². The van der Waals surface area contributed by atoms with E-state index in [2.05, 4.69) is 9.97 Å². The third kappa shape index (κ3) is 4.87. The Kier molecular flexibility index (Phi) is 8.20. The number of aromatic nitrogens is 2. The average Bonchev–Trinajstić information content (AvgIpc) is 3.28. The summed E-state index contributed by atoms with van der Waals surface area (Å²) in [6, 6.07) is 14.5. The molecular weight excluding hydrogens is 654 g/mol. The summed E-state index contributed by atoms with van der Waals surface area (Å²) in [6.07, 6.45) is 6.36. The molecule has 2 aromatic heterocycles. The molecular formula is C43H37N3O6. The van der Waals surface area contributed by atoms with Crippen LogP contribution in [0.15, 0.2) is 81.1 Å². The van der Waals surface area contributed by atoms with Crippen LogP contribution in [0.1, 0.15) is 64.5 Å². The van der Waals surface area contributed by atoms with Gasteiger partial charge >= 0.3 is 0 Å². The molecule has 0 saturated carbocycles. The minimum atomic E-state index is -0.528. The molecule has 0 fully saturated rings. The van der Waals surface area contributed by atoms with E-state index in [4.69, 9.17) is 9.73 Å². The Hall–Kier alpha value is -5.77. The van der Waals surface area contributed by atoms with E-state index >= 15 is 0 Å². The number of fused-ring (bicyclic) bond motifs is 1. The largest absolute Gasteiger partial charge is 0.507 e. The van der Waals surface area contributed by atoms with Crippen molar-refractivity contribution in [1.82, 2.24) is 9.97 Å². The van der Waals surface area contributed by atoms with Crippen molar-refractivity contribution >= 4 is 54.9 Å². The lowest BCUT2D eigenvalue weighted by Gasteiger charge is -2.26. The molecule has 7 aromatic rings. The molecule has 0 saturated heterocycles. The number of aryl methyl sites for hydroxylation is 2. The van der Waals surface area contributed by atoms with Crippen LogP contribution in [0.5, 0.6) is 11.5 Å². The van der Waals surface area contributed by atoms with E-state index in [0.29, 0.717) is 84.9 Å². The molecule has 0 radical (unpaired) electrons. The van der Waals surface area contributed by atoms with Gasteiger partial charge in [-0.3, -0.25) is 24.5 Å². The molecule has 1 atom stereocenters. The second-order valence-electron chi connectivity index (χ2n) is 13.6. The Bertz CT molecular complexity index is 2740. The van der Waals surface area contributed by atoms with Crippen LogP contribution in [0.3, 0.4) is 0 Å². The van der Waals surface area contributed by atoms with Crippen molar-refractivity contribution in [3.05, 3.63) is 132 Å². The Morgan fingerprint density at radius 1 is 0.808 bits per heavy atom. The maximum atomic E-state index is 14.7. The van der Waals surface area contributed by atoms with Gasteiger partial charge in [0, 0.05) is 57.0 Å². The second-order valence-corrected chi connectivity index (χ2v) is 13.6. The number of aliphatic hydroxyl groups is 2. The first-order chi connectivity index (χ1) is 25.2. The fourth-order valence-corrected chi connectivity index (χ4v) is 8.57. The van der Waals surface area contributed by atoms with E-state index in [9.17, 15) is 24.9 Å². The van der Waals surface area contributed by atoms with Crippen molar-refractivity contribution < 1.29 is 20.1 Å². The van der Waals surface area contributed by atoms with E-state index in [0.717, 1.165) is 28.2 Å². The highest BCUT2D eigenvalue weighted by molar-refractivity contribution is 6.38. The number of phenols is 1. The number of benzene rings is 5. The summed E-state index contributed by atoms with van der Waals surface area (Å²) in [4.78, 5) is 42.8. The van der Waals surface area contributed by atoms with Gasteiger partial charge in [0.25, 0.3) is 0 Å². The van der Waals surface area contributed by atoms with Gasteiger partial charge in [-0.15, -0.1) is 0 Å². The zero-order valence-corrected chi connectivity index (χ0v) is 29.4. The number of rotatable bonds is 9. The summed E-state index contributed by atoms with van der Waals surface area (Å²) in [7, 11) is 1.49. The number of pyridine rings is 2. The molecule has 9 nitrogen and oxygen atoms in total. The molecule has 8 rings (SSSR count). The van der Waals surface area contributed by atoms with Gasteiger partial charge in [-0.05, 0) is 108 Å². The van der Waals surface area contributed by atoms with Gasteiger partial charge in [0.15, 0.2) is 11.2 Å². The van der Waals surface area contributed by atoms with Crippen LogP contribution in [0.2, 0.25) is 0 Å². The highest BCUT2D eigenvalue weighted by Crippen LogP contribution is 2.53. The fraction of sp³-hybridized carbons (Fsp3) is 0.233. The molecule has 1 aliphatic rings. The summed E-state index contributed by atoms with van der Waals surface area (Å²) < 4.78 is 6.07. The monoisotopic (exact) mass is 691 g/mol. The number of allylic oxidation sites excluding steroid dienone is 1. The number of phenolic OH excluding ortho intramolecular Hbond substituents is 1. The van der Waals surface area contributed by atoms with Gasteiger partial charge in [0.05, 0.1) is 37.9 Å². The lowest BCUT2D eigenvalue weighted by atomic mass is 9.78. The number of hydrogen-bond acceptors (Lipinski definition) is 9. The Morgan fingerprint density at radius 2 is 1.46 bits per heavy atom. The van der Waals surface area contributed by atoms with Gasteiger partial charge in [-0.1, -0.05) is 29.8 Å². The molecule has 2 heterocycles. The maximum Gasteiger partial charge on any atom is 0.228 e. The van der Waals surface area contributed by atoms with Gasteiger partial charge in [0.2, 0.25) is 5.43 Å². The Morgan fingerprint density at radius 3 is 2.10 bits per heavy atom. The smallest absolute Gasteiger partial charge is 0.228 e. The van der Waals surface area contributed by atoms with Crippen LogP contribution < -0.4 is 15.6 Å². The molecule has 52 heavy (non-hydrogen) atoms. The summed E-state index contributed by atoms with van der Waals surface area (Å²) in [5.74, 6) is -0.485. The number of hydrogen-bond donors (Lipinski definition) is 3. The van der Waals surface area contributed by atoms with Crippen molar-refractivity contribution in [3.8, 4) is 11.5 Å². The van der Waals surface area contributed by atoms with Crippen molar-refractivity contribution in [2.24, 2.45) is 4.99 Å². The van der Waals surface area contributed by atoms with Crippen molar-refractivity contribution in [1.29, 1.82) is 0 Å². The van der Waals surface area contributed by atoms with Crippen molar-refractivity contribution in [2.45, 2.75) is 59.3 Å². The summed E-state index contributed by atoms with van der Waals surface area (Å²) in [6.45, 7) is 5.27. The van der Waals surface area contributed by atoms with Crippen LogP contribution >= 0.6 is 0 Å². The maximum absolute atomic E-state index is 14.7. The average molecular weight is 692 g/mol. The molecule has 1 unspecified atom stereocenters. The molecule has 9 heteroatoms. The summed E-state index contributed by atoms with van der Waals surface area (Å²) in [5.41, 5.74) is 5.97. The quantitative estimate of drug-likeness (QED) is 0.0869. The fourth-order valence-electron chi connectivity index (χ4n) is 8.57. The lowest BCUT2D eigenvalue weighted by Crippen LogP contribution is -2.19. The van der Waals surface area contributed by atoms with Gasteiger partial charge in [-0.25, -0.2) is 0 Å². The third-order valence-electron chi connectivity index (χ3n) is 10.7. The minimum Gasteiger partial charge on any atom is -0.507 e. The van der Waals surface area contributed by atoms with Crippen LogP contribution in [0, 0.1) is 6.92 Å². The van der Waals surface area contributed by atoms with Gasteiger partial charge in [-0.2, -0.15) is 0 Å². The highest BCUT2D eigenvalue weighted by Gasteiger charge is 2.35. The van der Waals surface area contributed by atoms with Gasteiger partial charge in [0.1, 0.15) is 5.75 Å². The predicted molar refractivity (Wildman–Crippen MR) is 205 cm³/mol. The number of nitrogens with zero attached hydrogens (tertiary/aromatic N) is 3. The van der Waals surface area contributed by atoms with Crippen LogP contribution in [-0.4, -0.2) is 38.1 Å². The zero-order chi connectivity index (χ0) is 36.4. The van der Waals surface area contributed by atoms with Crippen molar-refractivity contribution in [2.75, 3.05) is 7.11 Å². The number of methoxy groups -OCH3 is 1. The number of aliphatic imine (C=N–C) groups is 1. The molecule has 3 N–H and O–H groups in total. The van der Waals surface area contributed by atoms with Crippen LogP contribution in [-0.2, 0) is 32.6 Å². The standard InChI is InChI=1S/C43H37N3O6/c1-21-15-24(19-47)33-34-25(20-48)17-30(49)36-38(34)35-29(28(41(36)50)12-11-26-9-5-7-13-44-26)16-22(2)31(23(3)46-18-27-10-6-8-14-45-27)40-39(35)37(33)32(21)42(51)43(40)52-4/h5-10,13-17,31,47-48,50H,11-12,18-20H2,1-4H3. The molecule has 0 aliphatic heterocycles. The molecule has 260 valence electrons. The van der Waals surface area contributed by atoms with E-state index in [1.165, 1.54) is 13.2 Å². The number of aromatic hydroxyl groups is 1. The lowest BCUT2D eigenvalue weighted by molar-refractivity contribution is 0.282. The normalized spacial score (nSPS) is 14.6. The minimum absolute atomic E-state index is 0.130. The third-order valence-corrected chi connectivity index (χ3v) is 10.7. The predicted octanol–water partition coefficient (Wildman–Crippen LogP) is 6.64. The molecule has 0 bridgehead atoms. The summed E-state index contributed by atoms with van der Waals surface area (Å²) >= 11 is 0. The van der Waals surface area contributed by atoms with Crippen LogP contribution in [0.4, 0.5) is 0 Å². The topological polar surface area (TPSA) is 142 Å². The first-order valence-electron chi connectivity index (χ1n) is 17.3. The van der Waals surface area contributed by atoms with Crippen LogP contribution in [0.25, 0.3) is 49.2 Å². The first-order valence-corrected chi connectivity index (χ1v) is 17.3. The van der Waals surface area contributed by atoms with E-state index in [1.807, 2.05) is 63.2 Å². The second kappa shape index (κ2) is 12.8. The zero-order valence-electron chi connectivity index (χ0n) is 29.4. The molecule has 0 spiro atoms. The van der Waals surface area contributed by atoms with E-state index in [1.54, 1.807) is 18.5 Å². The Labute approximate surface area is 298 Å². The summed E-state index contributed by atoms with van der Waals surface area (Å²) in [5, 5.41) is 38.0. The molecule has 5 aromatic carbocycles. The highest BCUT2D eigenvalue weighted by atomic mass is 16.5. The first kappa shape index (κ1) is 33.4. The Balaban J connectivity index is 1.63. The van der Waals surface area contributed by atoms with Gasteiger partial charge < -0.3 is 20.1 Å². The number of ether oxygens (including phenoxy) is 1. The molecule has 1 aliphatic carbocycles. The van der Waals surface area contributed by atoms with E-state index < -0.39 is 18.0 Å².